The van der Waals surface area contributed by atoms with E-state index in [2.05, 4.69) is 9.47 Å². The Morgan fingerprint density at radius 2 is 1.17 bits per heavy atom. The molecule has 4 atom stereocenters. The predicted molar refractivity (Wildman–Crippen MR) is 51.1 cm³/mol. The number of carbonyl (C=O) groups is 2. The third-order valence-electron chi connectivity index (χ3n) is 2.75. The number of ether oxygens (including phenoxy) is 6. The number of esters is 2. The fourth-order valence-corrected chi connectivity index (χ4v) is 1.82. The van der Waals surface area contributed by atoms with E-state index >= 15 is 0 Å². The van der Waals surface area contributed by atoms with Gasteiger partial charge in [0, 0.05) is 0 Å². The molecule has 0 amide bonds. The van der Waals surface area contributed by atoms with Crippen LogP contribution in [0.3, 0.4) is 0 Å². The molecule has 0 aromatic carbocycles. The van der Waals surface area contributed by atoms with E-state index in [0.717, 1.165) is 0 Å². The van der Waals surface area contributed by atoms with E-state index in [-0.39, 0.29) is 37.7 Å². The summed E-state index contributed by atoms with van der Waals surface area (Å²) in [6, 6.07) is 0. The highest BCUT2D eigenvalue weighted by Gasteiger charge is 2.38. The number of carbonyl (C=O) groups excluding carboxylic acids is 2. The second kappa shape index (κ2) is 4.81. The van der Waals surface area contributed by atoms with Crippen molar-refractivity contribution < 1.29 is 38.0 Å². The van der Waals surface area contributed by atoms with Gasteiger partial charge in [-0.1, -0.05) is 0 Å². The summed E-state index contributed by atoms with van der Waals surface area (Å²) in [6.07, 6.45) is -1.51. The molecule has 0 spiro atoms. The topological polar surface area (TPSA) is 89.5 Å². The zero-order chi connectivity index (χ0) is 12.5. The van der Waals surface area contributed by atoms with Gasteiger partial charge in [0.2, 0.25) is 0 Å². The van der Waals surface area contributed by atoms with Gasteiger partial charge in [0.15, 0.2) is 24.8 Å². The summed E-state index contributed by atoms with van der Waals surface area (Å²) in [5.74, 6) is -0.604. The SMILES string of the molecule is O=C1OCC2OCC1O2.O=C1OCC2OCC1O2. The first-order chi connectivity index (χ1) is 8.72. The van der Waals surface area contributed by atoms with Crippen LogP contribution in [0.25, 0.3) is 0 Å². The highest BCUT2D eigenvalue weighted by Crippen LogP contribution is 2.18. The van der Waals surface area contributed by atoms with Gasteiger partial charge in [0.25, 0.3) is 0 Å². The molecule has 4 aliphatic heterocycles. The number of fused-ring (bicyclic) bond motifs is 4. The third kappa shape index (κ3) is 2.32. The van der Waals surface area contributed by atoms with Crippen molar-refractivity contribution in [2.75, 3.05) is 26.4 Å². The molecule has 4 saturated heterocycles. The largest absolute Gasteiger partial charge is 0.458 e. The maximum atomic E-state index is 10.6. The molecule has 8 nitrogen and oxygen atoms in total. The maximum absolute atomic E-state index is 10.6. The molecular formula is C10H12O8. The van der Waals surface area contributed by atoms with Crippen LogP contribution in [0.1, 0.15) is 0 Å². The Morgan fingerprint density at radius 3 is 1.56 bits per heavy atom. The average Bonchev–Trinajstić information content (AvgIpc) is 2.97. The molecule has 100 valence electrons. The van der Waals surface area contributed by atoms with Crippen molar-refractivity contribution >= 4 is 11.9 Å². The third-order valence-corrected chi connectivity index (χ3v) is 2.75. The van der Waals surface area contributed by atoms with Gasteiger partial charge in [-0.2, -0.15) is 0 Å². The smallest absolute Gasteiger partial charge is 0.338 e. The van der Waals surface area contributed by atoms with Gasteiger partial charge in [-0.25, -0.2) is 9.59 Å². The van der Waals surface area contributed by atoms with Crippen molar-refractivity contribution in [2.45, 2.75) is 24.8 Å². The minimum Gasteiger partial charge on any atom is -0.458 e. The molecule has 4 rings (SSSR count). The van der Waals surface area contributed by atoms with Gasteiger partial charge >= 0.3 is 11.9 Å². The molecule has 4 fully saturated rings. The van der Waals surface area contributed by atoms with Gasteiger partial charge in [0.1, 0.15) is 13.2 Å². The summed E-state index contributed by atoms with van der Waals surface area (Å²) < 4.78 is 29.3. The van der Waals surface area contributed by atoms with Crippen LogP contribution >= 0.6 is 0 Å². The maximum Gasteiger partial charge on any atom is 0.338 e. The van der Waals surface area contributed by atoms with E-state index < -0.39 is 12.2 Å². The van der Waals surface area contributed by atoms with Crippen LogP contribution < -0.4 is 0 Å². The van der Waals surface area contributed by atoms with Gasteiger partial charge < -0.3 is 28.4 Å². The monoisotopic (exact) mass is 260 g/mol. The Bertz CT molecular complexity index is 322. The second-order valence-corrected chi connectivity index (χ2v) is 4.04. The normalized spacial score (nSPS) is 40.7. The van der Waals surface area contributed by atoms with Crippen molar-refractivity contribution in [3.63, 3.8) is 0 Å². The zero-order valence-electron chi connectivity index (χ0n) is 9.40. The Hall–Kier alpha value is -1.22. The molecule has 0 N–H and O–H groups in total. The van der Waals surface area contributed by atoms with Gasteiger partial charge in [-0.15, -0.1) is 0 Å². The average molecular weight is 260 g/mol. The van der Waals surface area contributed by atoms with Crippen molar-refractivity contribution in [3.8, 4) is 0 Å². The first-order valence-corrected chi connectivity index (χ1v) is 5.60. The summed E-state index contributed by atoms with van der Waals surface area (Å²) in [7, 11) is 0. The molecule has 0 radical (unpaired) electrons. The quantitative estimate of drug-likeness (QED) is 0.490. The van der Waals surface area contributed by atoms with Crippen molar-refractivity contribution in [1.29, 1.82) is 0 Å². The molecule has 0 saturated carbocycles. The Balaban J connectivity index is 0.000000111. The van der Waals surface area contributed by atoms with E-state index in [1.807, 2.05) is 0 Å². The summed E-state index contributed by atoms with van der Waals surface area (Å²) >= 11 is 0. The Kier molecular flexibility index (Phi) is 3.16. The lowest BCUT2D eigenvalue weighted by Gasteiger charge is -2.16. The first kappa shape index (κ1) is 11.8. The van der Waals surface area contributed by atoms with Gasteiger partial charge in [0.05, 0.1) is 13.2 Å². The molecule has 0 aromatic rings. The summed E-state index contributed by atoms with van der Waals surface area (Å²) in [6.45, 7) is 1.19. The molecule has 4 unspecified atom stereocenters. The summed E-state index contributed by atoms with van der Waals surface area (Å²) in [5.41, 5.74) is 0. The molecule has 8 heteroatoms. The summed E-state index contributed by atoms with van der Waals surface area (Å²) in [4.78, 5) is 21.2. The lowest BCUT2D eigenvalue weighted by Crippen LogP contribution is -2.33. The van der Waals surface area contributed by atoms with Gasteiger partial charge in [-0.3, -0.25) is 0 Å². The van der Waals surface area contributed by atoms with Gasteiger partial charge in [-0.05, 0) is 0 Å². The fraction of sp³-hybridized carbons (Fsp3) is 0.800. The lowest BCUT2D eigenvalue weighted by atomic mass is 10.4. The van der Waals surface area contributed by atoms with Crippen molar-refractivity contribution in [1.82, 2.24) is 0 Å². The molecule has 0 aliphatic carbocycles. The van der Waals surface area contributed by atoms with Crippen LogP contribution in [0.5, 0.6) is 0 Å². The molecule has 18 heavy (non-hydrogen) atoms. The van der Waals surface area contributed by atoms with Crippen LogP contribution in [0.4, 0.5) is 0 Å². The van der Waals surface area contributed by atoms with Crippen LogP contribution in [-0.4, -0.2) is 63.2 Å². The molecule has 4 aliphatic rings. The predicted octanol–water partition coefficient (Wildman–Crippen LogP) is -1.43. The standard InChI is InChI=1S/2C5H6O4/c2*6-5-3-1-7-4(9-3)2-8-5/h2*3-4H,1-2H2. The van der Waals surface area contributed by atoms with Crippen LogP contribution in [-0.2, 0) is 38.0 Å². The van der Waals surface area contributed by atoms with E-state index in [1.54, 1.807) is 0 Å². The lowest BCUT2D eigenvalue weighted by molar-refractivity contribution is -0.184. The first-order valence-electron chi connectivity index (χ1n) is 5.60. The van der Waals surface area contributed by atoms with E-state index in [1.165, 1.54) is 0 Å². The number of cyclic esters (lactones) is 2. The van der Waals surface area contributed by atoms with Crippen molar-refractivity contribution in [2.24, 2.45) is 0 Å². The summed E-state index contributed by atoms with van der Waals surface area (Å²) in [5, 5.41) is 0. The minimum absolute atomic E-state index is 0.245. The Labute approximate surface area is 102 Å². The van der Waals surface area contributed by atoms with Crippen LogP contribution in [0, 0.1) is 0 Å². The van der Waals surface area contributed by atoms with Crippen molar-refractivity contribution in [3.05, 3.63) is 0 Å². The highest BCUT2D eigenvalue weighted by molar-refractivity contribution is 5.76. The molecule has 0 aromatic heterocycles. The zero-order valence-corrected chi connectivity index (χ0v) is 9.40. The van der Waals surface area contributed by atoms with E-state index in [9.17, 15) is 9.59 Å². The van der Waals surface area contributed by atoms with E-state index in [0.29, 0.717) is 13.2 Å². The molecule has 4 heterocycles. The minimum atomic E-state index is -0.455. The number of hydrogen-bond donors (Lipinski definition) is 0. The Morgan fingerprint density at radius 1 is 0.722 bits per heavy atom. The fourth-order valence-electron chi connectivity index (χ4n) is 1.82. The van der Waals surface area contributed by atoms with E-state index in [4.69, 9.17) is 18.9 Å². The molecule has 4 bridgehead atoms. The number of hydrogen-bond acceptors (Lipinski definition) is 8. The highest BCUT2D eigenvalue weighted by atomic mass is 16.8. The molecular weight excluding hydrogens is 248 g/mol. The second-order valence-electron chi connectivity index (χ2n) is 4.04. The van der Waals surface area contributed by atoms with Crippen LogP contribution in [0.2, 0.25) is 0 Å². The number of rotatable bonds is 0. The van der Waals surface area contributed by atoms with Crippen LogP contribution in [0.15, 0.2) is 0 Å².